The minimum Gasteiger partial charge on any atom is -0.504 e. The third kappa shape index (κ3) is 2.37. The second kappa shape index (κ2) is 5.33. The maximum Gasteiger partial charge on any atom is 0.165 e. The van der Waals surface area contributed by atoms with E-state index in [-0.39, 0.29) is 23.0 Å². The van der Waals surface area contributed by atoms with Crippen LogP contribution >= 0.6 is 0 Å². The highest BCUT2D eigenvalue weighted by Crippen LogP contribution is 2.42. The number of rotatable bonds is 3. The minimum absolute atomic E-state index is 0.186. The molecule has 2 rings (SSSR count). The van der Waals surface area contributed by atoms with E-state index < -0.39 is 0 Å². The topological polar surface area (TPSA) is 80.9 Å². The van der Waals surface area contributed by atoms with E-state index in [4.69, 9.17) is 0 Å². The molecule has 0 fully saturated rings. The molecular weight excluding hydrogens is 256 g/mol. The number of hydrogen-bond acceptors (Lipinski definition) is 4. The van der Waals surface area contributed by atoms with Crippen LogP contribution in [0.3, 0.4) is 0 Å². The fourth-order valence-corrected chi connectivity index (χ4v) is 2.25. The zero-order valence-corrected chi connectivity index (χ0v) is 11.5. The van der Waals surface area contributed by atoms with Crippen molar-refractivity contribution in [1.82, 2.24) is 0 Å². The molecule has 2 aromatic rings. The van der Waals surface area contributed by atoms with Crippen LogP contribution in [-0.2, 0) is 12.8 Å². The van der Waals surface area contributed by atoms with Gasteiger partial charge in [-0.3, -0.25) is 0 Å². The smallest absolute Gasteiger partial charge is 0.165 e. The molecule has 4 nitrogen and oxygen atoms in total. The van der Waals surface area contributed by atoms with Crippen molar-refractivity contribution in [2.45, 2.75) is 26.7 Å². The maximum atomic E-state index is 10.1. The summed E-state index contributed by atoms with van der Waals surface area (Å²) in [5, 5.41) is 39.1. The summed E-state index contributed by atoms with van der Waals surface area (Å²) >= 11 is 0. The van der Waals surface area contributed by atoms with Crippen molar-refractivity contribution in [3.63, 3.8) is 0 Å². The van der Waals surface area contributed by atoms with Crippen LogP contribution in [-0.4, -0.2) is 20.4 Å². The second-order valence-corrected chi connectivity index (χ2v) is 4.72. The fraction of sp³-hybridized carbons (Fsp3) is 0.250. The maximum absolute atomic E-state index is 10.1. The molecule has 0 unspecified atom stereocenters. The molecule has 0 saturated carbocycles. The summed E-state index contributed by atoms with van der Waals surface area (Å²) in [7, 11) is 0. The molecule has 0 bridgehead atoms. The van der Waals surface area contributed by atoms with Gasteiger partial charge in [0.15, 0.2) is 23.0 Å². The van der Waals surface area contributed by atoms with Crippen LogP contribution in [0.15, 0.2) is 24.3 Å². The summed E-state index contributed by atoms with van der Waals surface area (Å²) in [6.07, 6.45) is 1.34. The van der Waals surface area contributed by atoms with Gasteiger partial charge in [-0.15, -0.1) is 0 Å². The summed E-state index contributed by atoms with van der Waals surface area (Å²) in [6.45, 7) is 3.86. The lowest BCUT2D eigenvalue weighted by atomic mass is 9.94. The van der Waals surface area contributed by atoms with Gasteiger partial charge in [-0.1, -0.05) is 13.8 Å². The van der Waals surface area contributed by atoms with Crippen molar-refractivity contribution in [3.05, 3.63) is 35.4 Å². The molecule has 0 aliphatic heterocycles. The van der Waals surface area contributed by atoms with Crippen LogP contribution in [0, 0.1) is 0 Å². The lowest BCUT2D eigenvalue weighted by Gasteiger charge is -2.14. The Morgan fingerprint density at radius 2 is 1.35 bits per heavy atom. The van der Waals surface area contributed by atoms with Gasteiger partial charge in [0, 0.05) is 5.56 Å². The predicted molar refractivity (Wildman–Crippen MR) is 77.3 cm³/mol. The third-order valence-corrected chi connectivity index (χ3v) is 3.43. The quantitative estimate of drug-likeness (QED) is 0.647. The Morgan fingerprint density at radius 3 is 1.95 bits per heavy atom. The van der Waals surface area contributed by atoms with Crippen LogP contribution in [0.5, 0.6) is 23.0 Å². The predicted octanol–water partition coefficient (Wildman–Crippen LogP) is 3.30. The molecule has 2 aromatic carbocycles. The molecule has 0 spiro atoms. The van der Waals surface area contributed by atoms with Gasteiger partial charge in [0.2, 0.25) is 0 Å². The molecule has 20 heavy (non-hydrogen) atoms. The number of phenols is 4. The molecule has 0 aliphatic carbocycles. The van der Waals surface area contributed by atoms with Crippen molar-refractivity contribution < 1.29 is 20.4 Å². The lowest BCUT2D eigenvalue weighted by molar-refractivity contribution is 0.402. The van der Waals surface area contributed by atoms with E-state index in [1.807, 2.05) is 13.8 Å². The number of hydrogen-bond donors (Lipinski definition) is 4. The van der Waals surface area contributed by atoms with Crippen molar-refractivity contribution in [3.8, 4) is 34.1 Å². The molecular formula is C16H18O4. The van der Waals surface area contributed by atoms with Gasteiger partial charge in [0.1, 0.15) is 0 Å². The van der Waals surface area contributed by atoms with E-state index >= 15 is 0 Å². The Balaban J connectivity index is 2.73. The van der Waals surface area contributed by atoms with E-state index in [1.54, 1.807) is 6.07 Å². The SMILES string of the molecule is CCc1cc(O)c(O)c(-c2cc(O)c(O)cc2CC)c1. The first-order valence-electron chi connectivity index (χ1n) is 6.58. The number of aryl methyl sites for hydroxylation is 2. The lowest BCUT2D eigenvalue weighted by Crippen LogP contribution is -1.91. The number of phenolic OH excluding ortho intramolecular Hbond substituents is 4. The average molecular weight is 274 g/mol. The van der Waals surface area contributed by atoms with Crippen molar-refractivity contribution in [1.29, 1.82) is 0 Å². The van der Waals surface area contributed by atoms with E-state index in [2.05, 4.69) is 0 Å². The van der Waals surface area contributed by atoms with Gasteiger partial charge in [-0.2, -0.15) is 0 Å². The highest BCUT2D eigenvalue weighted by molar-refractivity contribution is 5.78. The normalized spacial score (nSPS) is 10.7. The molecule has 106 valence electrons. The standard InChI is InChI=1S/C16H18O4/c1-3-9-5-12(16(20)15(19)6-9)11-8-14(18)13(17)7-10(11)4-2/h5-8,17-20H,3-4H2,1-2H3. The Labute approximate surface area is 117 Å². The zero-order chi connectivity index (χ0) is 14.9. The summed E-state index contributed by atoms with van der Waals surface area (Å²) in [5.74, 6) is -0.852. The Kier molecular flexibility index (Phi) is 3.74. The van der Waals surface area contributed by atoms with Gasteiger partial charge in [-0.25, -0.2) is 0 Å². The molecule has 4 heteroatoms. The molecule has 0 saturated heterocycles. The third-order valence-electron chi connectivity index (χ3n) is 3.43. The zero-order valence-electron chi connectivity index (χ0n) is 11.5. The van der Waals surface area contributed by atoms with E-state index in [0.717, 1.165) is 11.1 Å². The van der Waals surface area contributed by atoms with Crippen molar-refractivity contribution in [2.24, 2.45) is 0 Å². The molecule has 0 radical (unpaired) electrons. The monoisotopic (exact) mass is 274 g/mol. The Hall–Kier alpha value is -2.36. The number of aromatic hydroxyl groups is 4. The van der Waals surface area contributed by atoms with Gasteiger partial charge < -0.3 is 20.4 Å². The summed E-state index contributed by atoms with van der Waals surface area (Å²) in [5.41, 5.74) is 2.72. The largest absolute Gasteiger partial charge is 0.504 e. The van der Waals surface area contributed by atoms with Gasteiger partial charge >= 0.3 is 0 Å². The van der Waals surface area contributed by atoms with E-state index in [0.29, 0.717) is 24.0 Å². The van der Waals surface area contributed by atoms with Crippen LogP contribution in [0.25, 0.3) is 11.1 Å². The van der Waals surface area contributed by atoms with E-state index in [9.17, 15) is 20.4 Å². The molecule has 0 heterocycles. The van der Waals surface area contributed by atoms with E-state index in [1.165, 1.54) is 18.2 Å². The first-order valence-corrected chi connectivity index (χ1v) is 6.58. The Morgan fingerprint density at radius 1 is 0.700 bits per heavy atom. The first kappa shape index (κ1) is 14.1. The first-order chi connectivity index (χ1) is 9.47. The van der Waals surface area contributed by atoms with Crippen LogP contribution < -0.4 is 0 Å². The summed E-state index contributed by atoms with van der Waals surface area (Å²) < 4.78 is 0. The summed E-state index contributed by atoms with van der Waals surface area (Å²) in [4.78, 5) is 0. The second-order valence-electron chi connectivity index (χ2n) is 4.72. The molecule has 0 aliphatic rings. The van der Waals surface area contributed by atoms with Gasteiger partial charge in [-0.05, 0) is 53.8 Å². The van der Waals surface area contributed by atoms with Crippen molar-refractivity contribution >= 4 is 0 Å². The molecule has 0 amide bonds. The minimum atomic E-state index is -0.252. The van der Waals surface area contributed by atoms with Crippen LogP contribution in [0.2, 0.25) is 0 Å². The number of benzene rings is 2. The fourth-order valence-electron chi connectivity index (χ4n) is 2.25. The molecule has 4 N–H and O–H groups in total. The highest BCUT2D eigenvalue weighted by Gasteiger charge is 2.16. The van der Waals surface area contributed by atoms with Crippen LogP contribution in [0.1, 0.15) is 25.0 Å². The van der Waals surface area contributed by atoms with Crippen molar-refractivity contribution in [2.75, 3.05) is 0 Å². The molecule has 0 atom stereocenters. The van der Waals surface area contributed by atoms with Gasteiger partial charge in [0.05, 0.1) is 0 Å². The Bertz CT molecular complexity index is 647. The molecule has 0 aromatic heterocycles. The average Bonchev–Trinajstić information content (AvgIpc) is 2.44. The van der Waals surface area contributed by atoms with Crippen LogP contribution in [0.4, 0.5) is 0 Å². The summed E-state index contributed by atoms with van der Waals surface area (Å²) in [6, 6.07) is 6.17. The highest BCUT2D eigenvalue weighted by atomic mass is 16.3. The van der Waals surface area contributed by atoms with Gasteiger partial charge in [0.25, 0.3) is 0 Å².